The lowest BCUT2D eigenvalue weighted by Gasteiger charge is -2.33. The molecule has 0 fully saturated rings. The van der Waals surface area contributed by atoms with Crippen molar-refractivity contribution in [3.8, 4) is 0 Å². The summed E-state index contributed by atoms with van der Waals surface area (Å²) in [6, 6.07) is 6.64. The van der Waals surface area contributed by atoms with Gasteiger partial charge in [-0.3, -0.25) is 9.69 Å². The molecule has 2 aliphatic heterocycles. The molecule has 1 aromatic carbocycles. The van der Waals surface area contributed by atoms with Gasteiger partial charge in [0.15, 0.2) is 0 Å². The van der Waals surface area contributed by atoms with Crippen LogP contribution in [-0.4, -0.2) is 33.3 Å². The lowest BCUT2D eigenvalue weighted by Crippen LogP contribution is -2.38. The molecule has 2 aromatic heterocycles. The molecule has 0 radical (unpaired) electrons. The van der Waals surface area contributed by atoms with Crippen LogP contribution in [0.2, 0.25) is 0 Å². The third-order valence-electron chi connectivity index (χ3n) is 5.18. The molecule has 0 bridgehead atoms. The number of oxazole rings is 1. The summed E-state index contributed by atoms with van der Waals surface area (Å²) < 4.78 is 5.24. The maximum atomic E-state index is 12.7. The van der Waals surface area contributed by atoms with Crippen LogP contribution in [0.3, 0.4) is 0 Å². The lowest BCUT2D eigenvalue weighted by atomic mass is 9.79. The number of aromatic nitrogens is 3. The smallest absolute Gasteiger partial charge is 0.305 e. The van der Waals surface area contributed by atoms with Gasteiger partial charge in [0.05, 0.1) is 17.6 Å². The third kappa shape index (κ3) is 3.26. The molecule has 0 unspecified atom stereocenters. The van der Waals surface area contributed by atoms with E-state index < -0.39 is 0 Å². The molecule has 0 atom stereocenters. The molecule has 2 N–H and O–H groups in total. The summed E-state index contributed by atoms with van der Waals surface area (Å²) in [4.78, 5) is 27.1. The highest BCUT2D eigenvalue weighted by Crippen LogP contribution is 2.33. The molecule has 0 saturated carbocycles. The Morgan fingerprint density at radius 1 is 1.31 bits per heavy atom. The van der Waals surface area contributed by atoms with Crippen LogP contribution in [0, 0.1) is 0 Å². The van der Waals surface area contributed by atoms with Gasteiger partial charge in [0.25, 0.3) is 5.91 Å². The van der Waals surface area contributed by atoms with Crippen LogP contribution >= 0.6 is 11.8 Å². The van der Waals surface area contributed by atoms with Crippen molar-refractivity contribution in [3.05, 3.63) is 53.5 Å². The van der Waals surface area contributed by atoms with E-state index in [4.69, 9.17) is 4.42 Å². The SMILES string of the molecule is CC1(C)CNCc2cc(Nc3ncc4c(n3)SCN(c3ncco3)C4=O)ccc21. The van der Waals surface area contributed by atoms with E-state index in [9.17, 15) is 4.79 Å². The minimum atomic E-state index is -0.213. The summed E-state index contributed by atoms with van der Waals surface area (Å²) in [6.45, 7) is 6.30. The van der Waals surface area contributed by atoms with Crippen molar-refractivity contribution >= 4 is 35.3 Å². The zero-order chi connectivity index (χ0) is 20.0. The molecule has 29 heavy (non-hydrogen) atoms. The Hall–Kier alpha value is -2.91. The number of nitrogens with zero attached hydrogens (tertiary/aromatic N) is 4. The van der Waals surface area contributed by atoms with Gasteiger partial charge in [-0.2, -0.15) is 0 Å². The van der Waals surface area contributed by atoms with Crippen LogP contribution in [0.5, 0.6) is 0 Å². The summed E-state index contributed by atoms with van der Waals surface area (Å²) in [5.41, 5.74) is 4.12. The number of amides is 1. The summed E-state index contributed by atoms with van der Waals surface area (Å²) in [6.07, 6.45) is 4.52. The number of carbonyl (C=O) groups excluding carboxylic acids is 1. The number of hydrogen-bond acceptors (Lipinski definition) is 8. The number of benzene rings is 1. The highest BCUT2D eigenvalue weighted by Gasteiger charge is 2.30. The lowest BCUT2D eigenvalue weighted by molar-refractivity contribution is 0.0980. The topological polar surface area (TPSA) is 96.2 Å². The second-order valence-electron chi connectivity index (χ2n) is 7.72. The van der Waals surface area contributed by atoms with Crippen LogP contribution in [0.15, 0.2) is 46.3 Å². The van der Waals surface area contributed by atoms with Crippen LogP contribution in [0.1, 0.15) is 35.3 Å². The van der Waals surface area contributed by atoms with Crippen molar-refractivity contribution in [2.45, 2.75) is 30.8 Å². The number of anilines is 3. The van der Waals surface area contributed by atoms with Crippen LogP contribution in [0.4, 0.5) is 17.7 Å². The average molecular weight is 408 g/mol. The van der Waals surface area contributed by atoms with E-state index in [1.165, 1.54) is 40.2 Å². The fraction of sp³-hybridized carbons (Fsp3) is 0.300. The van der Waals surface area contributed by atoms with Crippen molar-refractivity contribution < 1.29 is 9.21 Å². The average Bonchev–Trinajstić information content (AvgIpc) is 3.22. The Bertz CT molecular complexity index is 1080. The first-order valence-electron chi connectivity index (χ1n) is 9.34. The molecule has 4 heterocycles. The van der Waals surface area contributed by atoms with Gasteiger partial charge < -0.3 is 15.1 Å². The Labute approximate surface area is 172 Å². The van der Waals surface area contributed by atoms with Gasteiger partial charge in [-0.1, -0.05) is 31.7 Å². The molecule has 1 amide bonds. The first kappa shape index (κ1) is 18.1. The van der Waals surface area contributed by atoms with Gasteiger partial charge in [0.2, 0.25) is 5.95 Å². The molecule has 8 nitrogen and oxygen atoms in total. The third-order valence-corrected chi connectivity index (χ3v) is 6.15. The molecule has 0 saturated heterocycles. The molecule has 2 aliphatic rings. The van der Waals surface area contributed by atoms with Gasteiger partial charge in [0, 0.05) is 30.4 Å². The quantitative estimate of drug-likeness (QED) is 0.638. The van der Waals surface area contributed by atoms with Gasteiger partial charge in [-0.05, 0) is 23.3 Å². The number of carbonyl (C=O) groups is 1. The van der Waals surface area contributed by atoms with Crippen LogP contribution in [0.25, 0.3) is 0 Å². The maximum absolute atomic E-state index is 12.7. The Morgan fingerprint density at radius 3 is 3.03 bits per heavy atom. The molecule has 5 rings (SSSR count). The van der Waals surface area contributed by atoms with Gasteiger partial charge in [-0.15, -0.1) is 0 Å². The number of rotatable bonds is 3. The largest absolute Gasteiger partial charge is 0.432 e. The summed E-state index contributed by atoms with van der Waals surface area (Å²) in [5.74, 6) is 0.647. The van der Waals surface area contributed by atoms with E-state index in [0.717, 1.165) is 18.8 Å². The first-order chi connectivity index (χ1) is 14.0. The minimum absolute atomic E-state index is 0.111. The predicted octanol–water partition coefficient (Wildman–Crippen LogP) is 3.30. The fourth-order valence-corrected chi connectivity index (χ4v) is 4.64. The van der Waals surface area contributed by atoms with Crippen LogP contribution in [-0.2, 0) is 12.0 Å². The zero-order valence-electron chi connectivity index (χ0n) is 16.1. The first-order valence-corrected chi connectivity index (χ1v) is 10.3. The molecular formula is C20H20N6O2S. The number of hydrogen-bond donors (Lipinski definition) is 2. The second-order valence-corrected chi connectivity index (χ2v) is 8.65. The molecule has 148 valence electrons. The standard InChI is InChI=1S/C20H20N6O2S/c1-20(2)10-21-8-12-7-13(3-4-15(12)20)24-18-23-9-14-16(25-18)29-11-26(17(14)27)19-22-5-6-28-19/h3-7,9,21H,8,10-11H2,1-2H3,(H,23,24,25). The number of nitrogens with one attached hydrogen (secondary N) is 2. The van der Waals surface area contributed by atoms with Gasteiger partial charge >= 0.3 is 6.01 Å². The Balaban J connectivity index is 1.38. The number of fused-ring (bicyclic) bond motifs is 2. The molecular weight excluding hydrogens is 388 g/mol. The molecule has 3 aromatic rings. The van der Waals surface area contributed by atoms with Crippen LogP contribution < -0.4 is 15.5 Å². The zero-order valence-corrected chi connectivity index (χ0v) is 16.9. The summed E-state index contributed by atoms with van der Waals surface area (Å²) >= 11 is 1.45. The van der Waals surface area contributed by atoms with Gasteiger partial charge in [0.1, 0.15) is 11.3 Å². The predicted molar refractivity (Wildman–Crippen MR) is 111 cm³/mol. The second kappa shape index (κ2) is 6.85. The van der Waals surface area contributed by atoms with E-state index in [1.54, 1.807) is 6.20 Å². The van der Waals surface area contributed by atoms with Crippen molar-refractivity contribution in [2.75, 3.05) is 22.6 Å². The van der Waals surface area contributed by atoms with E-state index in [2.05, 4.69) is 57.6 Å². The van der Waals surface area contributed by atoms with Crippen molar-refractivity contribution in [3.63, 3.8) is 0 Å². The fourth-order valence-electron chi connectivity index (χ4n) is 3.72. The van der Waals surface area contributed by atoms with Gasteiger partial charge in [-0.25, -0.2) is 15.0 Å². The monoisotopic (exact) mass is 408 g/mol. The molecule has 0 aliphatic carbocycles. The van der Waals surface area contributed by atoms with E-state index >= 15 is 0 Å². The normalized spacial score (nSPS) is 17.6. The molecule has 9 heteroatoms. The highest BCUT2D eigenvalue weighted by molar-refractivity contribution is 7.99. The van der Waals surface area contributed by atoms with E-state index in [0.29, 0.717) is 22.4 Å². The van der Waals surface area contributed by atoms with E-state index in [1.807, 2.05) is 0 Å². The van der Waals surface area contributed by atoms with E-state index in [-0.39, 0.29) is 17.3 Å². The van der Waals surface area contributed by atoms with Crippen molar-refractivity contribution in [2.24, 2.45) is 0 Å². The summed E-state index contributed by atoms with van der Waals surface area (Å²) in [5, 5.41) is 7.38. The highest BCUT2D eigenvalue weighted by atomic mass is 32.2. The van der Waals surface area contributed by atoms with Crippen molar-refractivity contribution in [1.82, 2.24) is 20.3 Å². The maximum Gasteiger partial charge on any atom is 0.305 e. The Kier molecular flexibility index (Phi) is 4.29. The Morgan fingerprint density at radius 2 is 2.21 bits per heavy atom. The minimum Gasteiger partial charge on any atom is -0.432 e. The van der Waals surface area contributed by atoms with Crippen molar-refractivity contribution in [1.29, 1.82) is 0 Å². The summed E-state index contributed by atoms with van der Waals surface area (Å²) in [7, 11) is 0. The number of thioether (sulfide) groups is 1. The molecule has 0 spiro atoms.